The molecule has 0 unspecified atom stereocenters. The van der Waals surface area contributed by atoms with Crippen molar-refractivity contribution in [3.05, 3.63) is 59.7 Å². The number of nitrogens with one attached hydrogen (secondary N) is 2. The van der Waals surface area contributed by atoms with E-state index in [-0.39, 0.29) is 30.0 Å². The Morgan fingerprint density at radius 1 is 1.07 bits per heavy atom. The average molecular weight is 433 g/mol. The number of morpholine rings is 1. The minimum atomic E-state index is -3.72. The fourth-order valence-corrected chi connectivity index (χ4v) is 4.40. The molecule has 9 nitrogen and oxygen atoms in total. The highest BCUT2D eigenvalue weighted by Crippen LogP contribution is 2.18. The first-order valence-corrected chi connectivity index (χ1v) is 10.7. The van der Waals surface area contributed by atoms with Crippen LogP contribution in [0.1, 0.15) is 15.9 Å². The average Bonchev–Trinajstić information content (AvgIpc) is 2.78. The quantitative estimate of drug-likeness (QED) is 0.649. The molecule has 0 radical (unpaired) electrons. The number of carbonyl (C=O) groups excluding carboxylic acids is 2. The molecule has 1 saturated heterocycles. The summed E-state index contributed by atoms with van der Waals surface area (Å²) in [6.45, 7) is 1.19. The van der Waals surface area contributed by atoms with Crippen LogP contribution in [0.15, 0.2) is 53.4 Å². The summed E-state index contributed by atoms with van der Waals surface area (Å²) >= 11 is 0. The van der Waals surface area contributed by atoms with E-state index in [4.69, 9.17) is 9.47 Å². The van der Waals surface area contributed by atoms with E-state index in [1.165, 1.54) is 35.7 Å². The molecule has 1 fully saturated rings. The topological polar surface area (TPSA) is 114 Å². The van der Waals surface area contributed by atoms with Gasteiger partial charge < -0.3 is 9.47 Å². The molecule has 1 aliphatic heterocycles. The SMILES string of the molecule is COc1cccc(CC(=O)NNC(=O)c2cccc(S(=O)(=O)N3CCOCC3)c2)c1. The third-order valence-corrected chi connectivity index (χ3v) is 6.41. The minimum absolute atomic E-state index is 0.0137. The van der Waals surface area contributed by atoms with E-state index in [2.05, 4.69) is 10.9 Å². The lowest BCUT2D eigenvalue weighted by Gasteiger charge is -2.26. The molecule has 2 amide bonds. The van der Waals surface area contributed by atoms with Crippen LogP contribution in [0.3, 0.4) is 0 Å². The first-order chi connectivity index (χ1) is 14.4. The van der Waals surface area contributed by atoms with Crippen molar-refractivity contribution in [1.82, 2.24) is 15.2 Å². The zero-order chi connectivity index (χ0) is 21.6. The van der Waals surface area contributed by atoms with Crippen molar-refractivity contribution in [1.29, 1.82) is 0 Å². The highest BCUT2D eigenvalue weighted by atomic mass is 32.2. The second-order valence-corrected chi connectivity index (χ2v) is 8.51. The van der Waals surface area contributed by atoms with Crippen LogP contribution in [0.5, 0.6) is 5.75 Å². The number of hydrogen-bond acceptors (Lipinski definition) is 6. The molecule has 3 rings (SSSR count). The van der Waals surface area contributed by atoms with E-state index in [9.17, 15) is 18.0 Å². The van der Waals surface area contributed by atoms with E-state index in [0.717, 1.165) is 5.56 Å². The lowest BCUT2D eigenvalue weighted by Crippen LogP contribution is -2.42. The Morgan fingerprint density at radius 3 is 2.53 bits per heavy atom. The summed E-state index contributed by atoms with van der Waals surface area (Å²) in [6, 6.07) is 12.7. The van der Waals surface area contributed by atoms with E-state index < -0.39 is 21.8 Å². The second-order valence-electron chi connectivity index (χ2n) is 6.57. The lowest BCUT2D eigenvalue weighted by atomic mass is 10.1. The lowest BCUT2D eigenvalue weighted by molar-refractivity contribution is -0.121. The van der Waals surface area contributed by atoms with Gasteiger partial charge in [-0.2, -0.15) is 4.31 Å². The number of amides is 2. The van der Waals surface area contributed by atoms with Crippen LogP contribution < -0.4 is 15.6 Å². The number of carbonyl (C=O) groups is 2. The van der Waals surface area contributed by atoms with Gasteiger partial charge >= 0.3 is 0 Å². The van der Waals surface area contributed by atoms with Gasteiger partial charge in [-0.15, -0.1) is 0 Å². The number of hydrogen-bond donors (Lipinski definition) is 2. The number of rotatable bonds is 6. The Kier molecular flexibility index (Phi) is 7.03. The van der Waals surface area contributed by atoms with E-state index in [1.54, 1.807) is 24.3 Å². The largest absolute Gasteiger partial charge is 0.497 e. The molecule has 1 heterocycles. The van der Waals surface area contributed by atoms with Crippen molar-refractivity contribution in [2.75, 3.05) is 33.4 Å². The van der Waals surface area contributed by atoms with E-state index in [0.29, 0.717) is 19.0 Å². The van der Waals surface area contributed by atoms with Crippen LogP contribution in [-0.2, 0) is 26.0 Å². The van der Waals surface area contributed by atoms with Gasteiger partial charge in [-0.3, -0.25) is 20.4 Å². The molecule has 0 bridgehead atoms. The normalized spacial score (nSPS) is 14.7. The molecule has 0 saturated carbocycles. The standard InChI is InChI=1S/C20H23N3O6S/c1-28-17-6-2-4-15(12-17)13-19(24)21-22-20(25)16-5-3-7-18(14-16)30(26,27)23-8-10-29-11-9-23/h2-7,12,14H,8-11,13H2,1H3,(H,21,24)(H,22,25). The van der Waals surface area contributed by atoms with Gasteiger partial charge in [0.1, 0.15) is 5.75 Å². The van der Waals surface area contributed by atoms with Crippen LogP contribution in [0, 0.1) is 0 Å². The zero-order valence-electron chi connectivity index (χ0n) is 16.5. The number of benzene rings is 2. The third-order valence-electron chi connectivity index (χ3n) is 4.52. The van der Waals surface area contributed by atoms with Crippen LogP contribution in [0.25, 0.3) is 0 Å². The molecular weight excluding hydrogens is 410 g/mol. The fourth-order valence-electron chi connectivity index (χ4n) is 2.94. The van der Waals surface area contributed by atoms with Crippen molar-refractivity contribution in [3.8, 4) is 5.75 Å². The Balaban J connectivity index is 1.61. The molecule has 0 aliphatic carbocycles. The van der Waals surface area contributed by atoms with Crippen molar-refractivity contribution >= 4 is 21.8 Å². The first-order valence-electron chi connectivity index (χ1n) is 9.30. The summed E-state index contributed by atoms with van der Waals surface area (Å²) in [6.07, 6.45) is 0.0446. The summed E-state index contributed by atoms with van der Waals surface area (Å²) in [5.74, 6) is -0.413. The molecule has 0 aromatic heterocycles. The fraction of sp³-hybridized carbons (Fsp3) is 0.300. The van der Waals surface area contributed by atoms with Crippen LogP contribution in [0.4, 0.5) is 0 Å². The third kappa shape index (κ3) is 5.35. The molecule has 160 valence electrons. The van der Waals surface area contributed by atoms with Crippen molar-refractivity contribution < 1.29 is 27.5 Å². The molecule has 2 N–H and O–H groups in total. The van der Waals surface area contributed by atoms with E-state index in [1.807, 2.05) is 0 Å². The zero-order valence-corrected chi connectivity index (χ0v) is 17.3. The maximum absolute atomic E-state index is 12.7. The highest BCUT2D eigenvalue weighted by Gasteiger charge is 2.26. The van der Waals surface area contributed by atoms with Gasteiger partial charge in [0.05, 0.1) is 31.6 Å². The maximum atomic E-state index is 12.7. The van der Waals surface area contributed by atoms with Gasteiger partial charge in [0, 0.05) is 18.7 Å². The van der Waals surface area contributed by atoms with Gasteiger partial charge in [0.25, 0.3) is 5.91 Å². The predicted octanol–water partition coefficient (Wildman–Crippen LogP) is 0.720. The molecule has 1 aliphatic rings. The van der Waals surface area contributed by atoms with Crippen molar-refractivity contribution in [2.45, 2.75) is 11.3 Å². The Bertz CT molecular complexity index is 1020. The molecule has 10 heteroatoms. The summed E-state index contributed by atoms with van der Waals surface area (Å²) in [5.41, 5.74) is 5.48. The number of ether oxygens (including phenoxy) is 2. The van der Waals surface area contributed by atoms with E-state index >= 15 is 0 Å². The first kappa shape index (κ1) is 21.8. The minimum Gasteiger partial charge on any atom is -0.497 e. The highest BCUT2D eigenvalue weighted by molar-refractivity contribution is 7.89. The molecule has 2 aromatic rings. The molecule has 0 spiro atoms. The predicted molar refractivity (Wildman–Crippen MR) is 108 cm³/mol. The number of methoxy groups -OCH3 is 1. The summed E-state index contributed by atoms with van der Waals surface area (Å²) in [7, 11) is -2.19. The summed E-state index contributed by atoms with van der Waals surface area (Å²) in [5, 5.41) is 0. The van der Waals surface area contributed by atoms with Crippen LogP contribution >= 0.6 is 0 Å². The molecule has 2 aromatic carbocycles. The Morgan fingerprint density at radius 2 is 1.80 bits per heavy atom. The molecular formula is C20H23N3O6S. The Hall–Kier alpha value is -2.95. The van der Waals surface area contributed by atoms with Crippen LogP contribution in [0.2, 0.25) is 0 Å². The summed E-state index contributed by atoms with van der Waals surface area (Å²) in [4.78, 5) is 24.5. The second kappa shape index (κ2) is 9.70. The number of sulfonamides is 1. The smallest absolute Gasteiger partial charge is 0.269 e. The van der Waals surface area contributed by atoms with Gasteiger partial charge in [-0.05, 0) is 35.9 Å². The van der Waals surface area contributed by atoms with Crippen LogP contribution in [-0.4, -0.2) is 58.0 Å². The maximum Gasteiger partial charge on any atom is 0.269 e. The molecule has 0 atom stereocenters. The number of hydrazine groups is 1. The van der Waals surface area contributed by atoms with Crippen molar-refractivity contribution in [2.24, 2.45) is 0 Å². The van der Waals surface area contributed by atoms with Gasteiger partial charge in [-0.1, -0.05) is 18.2 Å². The van der Waals surface area contributed by atoms with Gasteiger partial charge in [-0.25, -0.2) is 8.42 Å². The summed E-state index contributed by atoms with van der Waals surface area (Å²) < 4.78 is 37.1. The molecule has 30 heavy (non-hydrogen) atoms. The number of nitrogens with zero attached hydrogens (tertiary/aromatic N) is 1. The monoisotopic (exact) mass is 433 g/mol. The van der Waals surface area contributed by atoms with Gasteiger partial charge in [0.15, 0.2) is 0 Å². The Labute approximate surface area is 175 Å². The van der Waals surface area contributed by atoms with Gasteiger partial charge in [0.2, 0.25) is 15.9 Å². The van der Waals surface area contributed by atoms with Crippen molar-refractivity contribution in [3.63, 3.8) is 0 Å².